The Bertz CT molecular complexity index is 724. The molecule has 2 fully saturated rings. The highest BCUT2D eigenvalue weighted by Gasteiger charge is 2.49. The number of amides is 3. The van der Waals surface area contributed by atoms with Gasteiger partial charge < -0.3 is 19.9 Å². The summed E-state index contributed by atoms with van der Waals surface area (Å²) in [5, 5.41) is 2.91. The fraction of sp³-hybridized carbons (Fsp3) is 0.571. The van der Waals surface area contributed by atoms with E-state index in [2.05, 4.69) is 19.2 Å². The molecule has 0 radical (unpaired) electrons. The number of ether oxygens (including phenoxy) is 1. The zero-order valence-corrected chi connectivity index (χ0v) is 16.8. The third kappa shape index (κ3) is 4.64. The van der Waals surface area contributed by atoms with E-state index in [9.17, 15) is 14.4 Å². The molecule has 152 valence electrons. The van der Waals surface area contributed by atoms with Gasteiger partial charge in [-0.05, 0) is 37.0 Å². The van der Waals surface area contributed by atoms with Gasteiger partial charge in [0, 0.05) is 31.9 Å². The second-order valence-corrected chi connectivity index (χ2v) is 7.73. The Kier molecular flexibility index (Phi) is 6.21. The van der Waals surface area contributed by atoms with E-state index >= 15 is 0 Å². The van der Waals surface area contributed by atoms with Crippen LogP contribution in [0.3, 0.4) is 0 Å². The number of carbonyl (C=O) groups excluding carboxylic acids is 3. The lowest BCUT2D eigenvalue weighted by Gasteiger charge is -2.34. The maximum Gasteiger partial charge on any atom is 0.409 e. The van der Waals surface area contributed by atoms with Crippen LogP contribution in [0.2, 0.25) is 0 Å². The van der Waals surface area contributed by atoms with Gasteiger partial charge in [0.05, 0.1) is 18.4 Å². The molecule has 1 aliphatic carbocycles. The number of rotatable bonds is 5. The van der Waals surface area contributed by atoms with E-state index < -0.39 is 0 Å². The lowest BCUT2D eigenvalue weighted by molar-refractivity contribution is -0.135. The molecule has 7 heteroatoms. The SMILES string of the molecule is CCOC(=O)N1CCN(C(=O)C2CC2C(=O)Nc2ccc(C(C)C)cc2)CC1. The molecule has 1 saturated heterocycles. The largest absolute Gasteiger partial charge is 0.450 e. The van der Waals surface area contributed by atoms with Crippen LogP contribution < -0.4 is 5.32 Å². The van der Waals surface area contributed by atoms with Crippen LogP contribution in [-0.2, 0) is 14.3 Å². The molecule has 1 aromatic carbocycles. The second-order valence-electron chi connectivity index (χ2n) is 7.73. The zero-order valence-electron chi connectivity index (χ0n) is 16.8. The van der Waals surface area contributed by atoms with Crippen molar-refractivity contribution in [1.82, 2.24) is 9.80 Å². The van der Waals surface area contributed by atoms with Crippen molar-refractivity contribution in [2.24, 2.45) is 11.8 Å². The third-order valence-corrected chi connectivity index (χ3v) is 5.41. The normalized spacial score (nSPS) is 21.4. The molecule has 0 bridgehead atoms. The Balaban J connectivity index is 1.46. The summed E-state index contributed by atoms with van der Waals surface area (Å²) in [7, 11) is 0. The number of nitrogens with zero attached hydrogens (tertiary/aromatic N) is 2. The molecule has 2 unspecified atom stereocenters. The molecule has 0 spiro atoms. The summed E-state index contributed by atoms with van der Waals surface area (Å²) in [4.78, 5) is 40.2. The lowest BCUT2D eigenvalue weighted by atomic mass is 10.0. The Morgan fingerprint density at radius 2 is 1.64 bits per heavy atom. The van der Waals surface area contributed by atoms with Crippen molar-refractivity contribution in [3.63, 3.8) is 0 Å². The predicted molar refractivity (Wildman–Crippen MR) is 106 cm³/mol. The van der Waals surface area contributed by atoms with Crippen LogP contribution in [0, 0.1) is 11.8 Å². The number of hydrogen-bond donors (Lipinski definition) is 1. The molecule has 1 aliphatic heterocycles. The lowest BCUT2D eigenvalue weighted by Crippen LogP contribution is -2.51. The number of benzene rings is 1. The first-order valence-electron chi connectivity index (χ1n) is 10.0. The average Bonchev–Trinajstić information content (AvgIpc) is 3.49. The van der Waals surface area contributed by atoms with Gasteiger partial charge >= 0.3 is 6.09 Å². The average molecular weight is 387 g/mol. The highest BCUT2D eigenvalue weighted by molar-refractivity contribution is 5.99. The summed E-state index contributed by atoms with van der Waals surface area (Å²) in [6, 6.07) is 7.83. The summed E-state index contributed by atoms with van der Waals surface area (Å²) in [5.74, 6) is -0.149. The van der Waals surface area contributed by atoms with E-state index in [-0.39, 0.29) is 29.7 Å². The minimum atomic E-state index is -0.332. The maximum atomic E-state index is 12.7. The van der Waals surface area contributed by atoms with E-state index in [1.807, 2.05) is 24.3 Å². The van der Waals surface area contributed by atoms with Gasteiger partial charge in [0.15, 0.2) is 0 Å². The van der Waals surface area contributed by atoms with Crippen LogP contribution in [0.25, 0.3) is 0 Å². The van der Waals surface area contributed by atoms with Crippen molar-refractivity contribution >= 4 is 23.6 Å². The molecule has 2 atom stereocenters. The van der Waals surface area contributed by atoms with Crippen LogP contribution in [0.4, 0.5) is 10.5 Å². The highest BCUT2D eigenvalue weighted by Crippen LogP contribution is 2.41. The quantitative estimate of drug-likeness (QED) is 0.843. The van der Waals surface area contributed by atoms with Gasteiger partial charge in [-0.1, -0.05) is 26.0 Å². The van der Waals surface area contributed by atoms with Crippen LogP contribution in [-0.4, -0.2) is 60.5 Å². The predicted octanol–water partition coefficient (Wildman–Crippen LogP) is 2.69. The molecule has 2 aliphatic rings. The Morgan fingerprint density at radius 1 is 1.04 bits per heavy atom. The van der Waals surface area contributed by atoms with Crippen LogP contribution in [0.1, 0.15) is 38.7 Å². The van der Waals surface area contributed by atoms with E-state index in [4.69, 9.17) is 4.74 Å². The van der Waals surface area contributed by atoms with E-state index in [1.165, 1.54) is 5.56 Å². The van der Waals surface area contributed by atoms with Crippen LogP contribution in [0.5, 0.6) is 0 Å². The molecule has 3 rings (SSSR count). The standard InChI is InChI=1S/C21H29N3O4/c1-4-28-21(27)24-11-9-23(10-12-24)20(26)18-13-17(18)19(25)22-16-7-5-15(6-8-16)14(2)3/h5-8,14,17-18H,4,9-13H2,1-3H3,(H,22,25). The second kappa shape index (κ2) is 8.63. The number of carbonyl (C=O) groups is 3. The molecule has 3 amide bonds. The topological polar surface area (TPSA) is 79.0 Å². The highest BCUT2D eigenvalue weighted by atomic mass is 16.6. The van der Waals surface area contributed by atoms with Crippen molar-refractivity contribution < 1.29 is 19.1 Å². The van der Waals surface area contributed by atoms with Crippen molar-refractivity contribution in [2.45, 2.75) is 33.1 Å². The fourth-order valence-corrected chi connectivity index (χ4v) is 3.50. The smallest absolute Gasteiger partial charge is 0.409 e. The molecule has 1 aromatic rings. The monoisotopic (exact) mass is 387 g/mol. The summed E-state index contributed by atoms with van der Waals surface area (Å²) in [5.41, 5.74) is 1.98. The van der Waals surface area contributed by atoms with Crippen LogP contribution in [0.15, 0.2) is 24.3 Å². The minimum absolute atomic E-state index is 0.0128. The summed E-state index contributed by atoms with van der Waals surface area (Å²) in [6.45, 7) is 8.28. The van der Waals surface area contributed by atoms with E-state index in [1.54, 1.807) is 16.7 Å². The summed E-state index contributed by atoms with van der Waals surface area (Å²) < 4.78 is 4.99. The van der Waals surface area contributed by atoms with E-state index in [0.29, 0.717) is 45.1 Å². The molecular formula is C21H29N3O4. The van der Waals surface area contributed by atoms with Crippen molar-refractivity contribution in [3.8, 4) is 0 Å². The Morgan fingerprint density at radius 3 is 2.21 bits per heavy atom. The summed E-state index contributed by atoms with van der Waals surface area (Å²) >= 11 is 0. The maximum absolute atomic E-state index is 12.7. The van der Waals surface area contributed by atoms with Crippen LogP contribution >= 0.6 is 0 Å². The summed E-state index contributed by atoms with van der Waals surface area (Å²) in [6.07, 6.45) is 0.258. The van der Waals surface area contributed by atoms with Crippen molar-refractivity contribution in [3.05, 3.63) is 29.8 Å². The number of nitrogens with one attached hydrogen (secondary N) is 1. The Labute approximate surface area is 166 Å². The molecule has 1 heterocycles. The van der Waals surface area contributed by atoms with E-state index in [0.717, 1.165) is 5.69 Å². The van der Waals surface area contributed by atoms with Gasteiger partial charge in [-0.3, -0.25) is 9.59 Å². The minimum Gasteiger partial charge on any atom is -0.450 e. The molecular weight excluding hydrogens is 358 g/mol. The third-order valence-electron chi connectivity index (χ3n) is 5.41. The molecule has 0 aromatic heterocycles. The fourth-order valence-electron chi connectivity index (χ4n) is 3.50. The molecule has 28 heavy (non-hydrogen) atoms. The van der Waals surface area contributed by atoms with Gasteiger partial charge in [0.1, 0.15) is 0 Å². The molecule has 7 nitrogen and oxygen atoms in total. The number of hydrogen-bond acceptors (Lipinski definition) is 4. The van der Waals surface area contributed by atoms with Crippen molar-refractivity contribution in [2.75, 3.05) is 38.1 Å². The first kappa shape index (κ1) is 20.2. The molecule has 1 N–H and O–H groups in total. The van der Waals surface area contributed by atoms with Crippen molar-refractivity contribution in [1.29, 1.82) is 0 Å². The van der Waals surface area contributed by atoms with Gasteiger partial charge in [-0.2, -0.15) is 0 Å². The first-order valence-corrected chi connectivity index (χ1v) is 10.0. The van der Waals surface area contributed by atoms with Gasteiger partial charge in [-0.25, -0.2) is 4.79 Å². The number of anilines is 1. The number of piperazine rings is 1. The van der Waals surface area contributed by atoms with Gasteiger partial charge in [-0.15, -0.1) is 0 Å². The van der Waals surface area contributed by atoms with Gasteiger partial charge in [0.2, 0.25) is 11.8 Å². The van der Waals surface area contributed by atoms with Gasteiger partial charge in [0.25, 0.3) is 0 Å². The molecule has 1 saturated carbocycles. The zero-order chi connectivity index (χ0) is 20.3. The Hall–Kier alpha value is -2.57. The first-order chi connectivity index (χ1) is 13.4.